The summed E-state index contributed by atoms with van der Waals surface area (Å²) in [6, 6.07) is 19.8. The zero-order chi connectivity index (χ0) is 23.6. The van der Waals surface area contributed by atoms with Crippen LogP contribution in [0.1, 0.15) is 47.8 Å². The number of hydrogen-bond donors (Lipinski definition) is 3. The Morgan fingerprint density at radius 1 is 1.03 bits per heavy atom. The first-order valence-electron chi connectivity index (χ1n) is 11.2. The number of amides is 1. The highest BCUT2D eigenvalue weighted by atomic mass is 16.1. The molecule has 0 atom stereocenters. The number of hydrogen-bond acceptors (Lipinski definition) is 4. The number of carbonyl (C=O) groups excluding carboxylic acids is 1. The van der Waals surface area contributed by atoms with E-state index in [1.807, 2.05) is 59.1 Å². The Bertz CT molecular complexity index is 1300. The van der Waals surface area contributed by atoms with Gasteiger partial charge in [0.2, 0.25) is 0 Å². The number of rotatable bonds is 6. The Morgan fingerprint density at radius 3 is 2.52 bits per heavy atom. The topological polar surface area (TPSA) is 84.5 Å². The number of aromatic nitrogens is 2. The zero-order valence-corrected chi connectivity index (χ0v) is 19.6. The van der Waals surface area contributed by atoms with Crippen molar-refractivity contribution in [1.29, 1.82) is 0 Å². The SMILES string of the molecule is Cc1ccccc1-c1nc2c(C(=O)NCc3cccc(CN)c3)cccn2c1NC(C)(C)C. The molecule has 0 radical (unpaired) electrons. The molecule has 4 rings (SSSR count). The van der Waals surface area contributed by atoms with E-state index < -0.39 is 0 Å². The molecule has 0 aliphatic rings. The van der Waals surface area contributed by atoms with Gasteiger partial charge in [-0.15, -0.1) is 0 Å². The van der Waals surface area contributed by atoms with Crippen LogP contribution in [0.2, 0.25) is 0 Å². The first-order valence-corrected chi connectivity index (χ1v) is 11.2. The second-order valence-electron chi connectivity index (χ2n) is 9.32. The molecule has 0 aliphatic carbocycles. The van der Waals surface area contributed by atoms with Crippen LogP contribution in [-0.4, -0.2) is 20.8 Å². The molecule has 4 aromatic rings. The lowest BCUT2D eigenvalue weighted by Gasteiger charge is -2.23. The summed E-state index contributed by atoms with van der Waals surface area (Å²) in [5.74, 6) is 0.708. The van der Waals surface area contributed by atoms with Crippen molar-refractivity contribution >= 4 is 17.4 Å². The molecule has 0 saturated heterocycles. The van der Waals surface area contributed by atoms with Gasteiger partial charge in [-0.2, -0.15) is 0 Å². The fraction of sp³-hybridized carbons (Fsp3) is 0.259. The van der Waals surface area contributed by atoms with Gasteiger partial charge in [0.25, 0.3) is 5.91 Å². The fourth-order valence-corrected chi connectivity index (χ4v) is 3.89. The minimum atomic E-state index is -0.181. The molecule has 0 saturated carbocycles. The molecule has 2 aromatic heterocycles. The molecule has 1 amide bonds. The van der Waals surface area contributed by atoms with E-state index in [1.54, 1.807) is 0 Å². The van der Waals surface area contributed by atoms with Gasteiger partial charge in [-0.05, 0) is 56.5 Å². The van der Waals surface area contributed by atoms with Gasteiger partial charge in [-0.25, -0.2) is 4.98 Å². The van der Waals surface area contributed by atoms with Crippen LogP contribution in [0.4, 0.5) is 5.82 Å². The van der Waals surface area contributed by atoms with E-state index in [2.05, 4.69) is 50.5 Å². The smallest absolute Gasteiger partial charge is 0.255 e. The molecule has 0 aliphatic heterocycles. The van der Waals surface area contributed by atoms with E-state index in [1.165, 1.54) is 0 Å². The maximum Gasteiger partial charge on any atom is 0.255 e. The van der Waals surface area contributed by atoms with E-state index in [4.69, 9.17) is 10.7 Å². The van der Waals surface area contributed by atoms with Crippen LogP contribution < -0.4 is 16.4 Å². The molecular weight excluding hydrogens is 410 g/mol. The van der Waals surface area contributed by atoms with E-state index in [0.29, 0.717) is 24.3 Å². The van der Waals surface area contributed by atoms with Crippen molar-refractivity contribution in [2.45, 2.75) is 46.3 Å². The third-order valence-corrected chi connectivity index (χ3v) is 5.47. The summed E-state index contributed by atoms with van der Waals surface area (Å²) in [6.45, 7) is 9.30. The van der Waals surface area contributed by atoms with Gasteiger partial charge < -0.3 is 16.4 Å². The average Bonchev–Trinajstić information content (AvgIpc) is 3.14. The summed E-state index contributed by atoms with van der Waals surface area (Å²) in [4.78, 5) is 18.1. The van der Waals surface area contributed by atoms with Crippen LogP contribution in [0.3, 0.4) is 0 Å². The molecule has 4 N–H and O–H groups in total. The number of aryl methyl sites for hydroxylation is 1. The Kier molecular flexibility index (Phi) is 6.20. The number of nitrogens with one attached hydrogen (secondary N) is 2. The molecule has 6 heteroatoms. The Labute approximate surface area is 194 Å². The molecule has 33 heavy (non-hydrogen) atoms. The number of pyridine rings is 1. The zero-order valence-electron chi connectivity index (χ0n) is 19.6. The highest BCUT2D eigenvalue weighted by Crippen LogP contribution is 2.33. The van der Waals surface area contributed by atoms with Crippen molar-refractivity contribution in [3.05, 3.63) is 89.1 Å². The number of imidazole rings is 1. The third kappa shape index (κ3) is 4.91. The fourth-order valence-electron chi connectivity index (χ4n) is 3.89. The van der Waals surface area contributed by atoms with Gasteiger partial charge >= 0.3 is 0 Å². The van der Waals surface area contributed by atoms with Crippen LogP contribution in [0, 0.1) is 6.92 Å². The average molecular weight is 442 g/mol. The predicted molar refractivity (Wildman–Crippen MR) is 134 cm³/mol. The van der Waals surface area contributed by atoms with Crippen molar-refractivity contribution in [3.8, 4) is 11.3 Å². The molecule has 0 spiro atoms. The normalized spacial score (nSPS) is 11.5. The van der Waals surface area contributed by atoms with Gasteiger partial charge in [0.05, 0.1) is 5.56 Å². The second kappa shape index (κ2) is 9.08. The van der Waals surface area contributed by atoms with Crippen LogP contribution in [0.25, 0.3) is 16.9 Å². The molecule has 170 valence electrons. The molecule has 6 nitrogen and oxygen atoms in total. The highest BCUT2D eigenvalue weighted by molar-refractivity contribution is 6.01. The number of nitrogens with two attached hydrogens (primary N) is 1. The van der Waals surface area contributed by atoms with E-state index in [0.717, 1.165) is 33.8 Å². The Balaban J connectivity index is 1.74. The van der Waals surface area contributed by atoms with Crippen molar-refractivity contribution < 1.29 is 4.79 Å². The summed E-state index contributed by atoms with van der Waals surface area (Å²) in [7, 11) is 0. The van der Waals surface area contributed by atoms with E-state index in [-0.39, 0.29) is 11.4 Å². The first kappa shape index (κ1) is 22.6. The van der Waals surface area contributed by atoms with Crippen molar-refractivity contribution in [2.24, 2.45) is 5.73 Å². The summed E-state index contributed by atoms with van der Waals surface area (Å²) >= 11 is 0. The lowest BCUT2D eigenvalue weighted by molar-refractivity contribution is 0.0952. The molecular formula is C27H31N5O. The number of benzene rings is 2. The predicted octanol–water partition coefficient (Wildman–Crippen LogP) is 4.91. The summed E-state index contributed by atoms with van der Waals surface area (Å²) in [5, 5.41) is 6.63. The standard InChI is InChI=1S/C27H31N5O/c1-18-9-5-6-12-21(18)23-25(31-27(2,3)4)32-14-8-13-22(24(32)30-23)26(33)29-17-20-11-7-10-19(15-20)16-28/h5-15,31H,16-17,28H2,1-4H3,(H,29,33). The minimum Gasteiger partial charge on any atom is -0.365 e. The van der Waals surface area contributed by atoms with Crippen molar-refractivity contribution in [3.63, 3.8) is 0 Å². The molecule has 2 aromatic carbocycles. The van der Waals surface area contributed by atoms with Crippen LogP contribution in [0.5, 0.6) is 0 Å². The van der Waals surface area contributed by atoms with Crippen molar-refractivity contribution in [1.82, 2.24) is 14.7 Å². The number of anilines is 1. The van der Waals surface area contributed by atoms with E-state index in [9.17, 15) is 4.79 Å². The molecule has 0 fully saturated rings. The Morgan fingerprint density at radius 2 is 1.79 bits per heavy atom. The molecule has 2 heterocycles. The summed E-state index contributed by atoms with van der Waals surface area (Å²) < 4.78 is 1.97. The second-order valence-corrected chi connectivity index (χ2v) is 9.32. The monoisotopic (exact) mass is 441 g/mol. The van der Waals surface area contributed by atoms with Gasteiger partial charge in [-0.1, -0.05) is 48.5 Å². The van der Waals surface area contributed by atoms with Gasteiger partial charge in [0, 0.05) is 30.4 Å². The number of fused-ring (bicyclic) bond motifs is 1. The summed E-state index contributed by atoms with van der Waals surface area (Å²) in [6.07, 6.45) is 1.94. The highest BCUT2D eigenvalue weighted by Gasteiger charge is 2.23. The number of nitrogens with zero attached hydrogens (tertiary/aromatic N) is 2. The lowest BCUT2D eigenvalue weighted by Crippen LogP contribution is -2.27. The Hall–Kier alpha value is -3.64. The quantitative estimate of drug-likeness (QED) is 0.397. The maximum atomic E-state index is 13.2. The molecule has 0 bridgehead atoms. The summed E-state index contributed by atoms with van der Waals surface area (Å²) in [5.41, 5.74) is 11.8. The van der Waals surface area contributed by atoms with Crippen molar-refractivity contribution in [2.75, 3.05) is 5.32 Å². The van der Waals surface area contributed by atoms with Crippen LogP contribution in [-0.2, 0) is 13.1 Å². The minimum absolute atomic E-state index is 0.164. The van der Waals surface area contributed by atoms with Crippen LogP contribution >= 0.6 is 0 Å². The third-order valence-electron chi connectivity index (χ3n) is 5.47. The maximum absolute atomic E-state index is 13.2. The van der Waals surface area contributed by atoms with Gasteiger partial charge in [0.15, 0.2) is 5.65 Å². The largest absolute Gasteiger partial charge is 0.365 e. The number of carbonyl (C=O) groups is 1. The lowest BCUT2D eigenvalue weighted by atomic mass is 10.0. The molecule has 0 unspecified atom stereocenters. The van der Waals surface area contributed by atoms with Gasteiger partial charge in [-0.3, -0.25) is 9.20 Å². The van der Waals surface area contributed by atoms with Crippen LogP contribution in [0.15, 0.2) is 66.9 Å². The first-order chi connectivity index (χ1) is 15.8. The van der Waals surface area contributed by atoms with Gasteiger partial charge in [0.1, 0.15) is 11.5 Å². The van der Waals surface area contributed by atoms with E-state index >= 15 is 0 Å².